The van der Waals surface area contributed by atoms with Gasteiger partial charge in [-0.25, -0.2) is 0 Å². The standard InChI is InChI=1S/C16H21N3O2S/c1-2-9-17-16(22)19-10-7-12(8-11-19)15(21)18-13-5-3-4-6-14(13)20/h2-6,12,20H,1,7-11H2,(H,17,22)(H,18,21). The zero-order chi connectivity index (χ0) is 15.9. The Morgan fingerprint density at radius 3 is 2.73 bits per heavy atom. The molecule has 5 nitrogen and oxygen atoms in total. The molecule has 1 aromatic rings. The fourth-order valence-electron chi connectivity index (χ4n) is 2.43. The van der Waals surface area contributed by atoms with Crippen molar-refractivity contribution in [3.63, 3.8) is 0 Å². The first-order chi connectivity index (χ1) is 10.6. The lowest BCUT2D eigenvalue weighted by molar-refractivity contribution is -0.121. The Morgan fingerprint density at radius 1 is 1.41 bits per heavy atom. The highest BCUT2D eigenvalue weighted by atomic mass is 32.1. The third-order valence-electron chi connectivity index (χ3n) is 3.71. The van der Waals surface area contributed by atoms with Gasteiger partial charge in [-0.3, -0.25) is 4.79 Å². The number of nitrogens with zero attached hydrogens (tertiary/aromatic N) is 1. The van der Waals surface area contributed by atoms with Crippen LogP contribution in [-0.4, -0.2) is 40.7 Å². The summed E-state index contributed by atoms with van der Waals surface area (Å²) in [6.45, 7) is 5.80. The number of carbonyl (C=O) groups excluding carboxylic acids is 1. The van der Waals surface area contributed by atoms with E-state index in [4.69, 9.17) is 12.2 Å². The monoisotopic (exact) mass is 319 g/mol. The summed E-state index contributed by atoms with van der Waals surface area (Å²) < 4.78 is 0. The Balaban J connectivity index is 1.83. The maximum Gasteiger partial charge on any atom is 0.227 e. The molecule has 0 unspecified atom stereocenters. The molecule has 2 rings (SSSR count). The van der Waals surface area contributed by atoms with Gasteiger partial charge in [0.15, 0.2) is 5.11 Å². The van der Waals surface area contributed by atoms with Crippen molar-refractivity contribution in [1.82, 2.24) is 10.2 Å². The number of likely N-dealkylation sites (tertiary alicyclic amines) is 1. The van der Waals surface area contributed by atoms with Crippen molar-refractivity contribution in [2.45, 2.75) is 12.8 Å². The highest BCUT2D eigenvalue weighted by molar-refractivity contribution is 7.80. The van der Waals surface area contributed by atoms with Crippen LogP contribution in [0.2, 0.25) is 0 Å². The molecule has 1 aliphatic rings. The quantitative estimate of drug-likeness (QED) is 0.451. The predicted octanol–water partition coefficient (Wildman–Crippen LogP) is 2.10. The number of thiocarbonyl (C=S) groups is 1. The van der Waals surface area contributed by atoms with Gasteiger partial charge in [-0.15, -0.1) is 6.58 Å². The second kappa shape index (κ2) is 7.79. The number of para-hydroxylation sites is 2. The van der Waals surface area contributed by atoms with E-state index >= 15 is 0 Å². The zero-order valence-electron chi connectivity index (χ0n) is 12.4. The fraction of sp³-hybridized carbons (Fsp3) is 0.375. The molecule has 22 heavy (non-hydrogen) atoms. The van der Waals surface area contributed by atoms with E-state index in [2.05, 4.69) is 22.1 Å². The number of phenols is 1. The van der Waals surface area contributed by atoms with E-state index in [9.17, 15) is 9.90 Å². The molecule has 1 aliphatic heterocycles. The first kappa shape index (κ1) is 16.3. The molecule has 0 aliphatic carbocycles. The van der Waals surface area contributed by atoms with Gasteiger partial charge in [-0.05, 0) is 37.2 Å². The molecular formula is C16H21N3O2S. The van der Waals surface area contributed by atoms with E-state index in [1.54, 1.807) is 30.3 Å². The van der Waals surface area contributed by atoms with Gasteiger partial charge in [0.25, 0.3) is 0 Å². The summed E-state index contributed by atoms with van der Waals surface area (Å²) in [5.74, 6) is -0.0210. The molecule has 0 spiro atoms. The van der Waals surface area contributed by atoms with Crippen molar-refractivity contribution in [2.75, 3.05) is 25.0 Å². The fourth-order valence-corrected chi connectivity index (χ4v) is 2.70. The van der Waals surface area contributed by atoms with E-state index in [1.807, 2.05) is 0 Å². The number of rotatable bonds is 4. The smallest absolute Gasteiger partial charge is 0.227 e. The van der Waals surface area contributed by atoms with Crippen LogP contribution in [0.3, 0.4) is 0 Å². The lowest BCUT2D eigenvalue weighted by Crippen LogP contribution is -2.46. The van der Waals surface area contributed by atoms with Crippen LogP contribution in [0.1, 0.15) is 12.8 Å². The number of hydrogen-bond donors (Lipinski definition) is 3. The summed E-state index contributed by atoms with van der Waals surface area (Å²) in [5.41, 5.74) is 0.457. The highest BCUT2D eigenvalue weighted by Crippen LogP contribution is 2.24. The van der Waals surface area contributed by atoms with Crippen LogP contribution in [0.25, 0.3) is 0 Å². The van der Waals surface area contributed by atoms with Gasteiger partial charge in [0.05, 0.1) is 5.69 Å². The van der Waals surface area contributed by atoms with Gasteiger partial charge in [-0.2, -0.15) is 0 Å². The third-order valence-corrected chi connectivity index (χ3v) is 4.12. The number of hydrogen-bond acceptors (Lipinski definition) is 3. The van der Waals surface area contributed by atoms with Gasteiger partial charge in [0.1, 0.15) is 5.75 Å². The summed E-state index contributed by atoms with van der Waals surface area (Å²) in [6.07, 6.45) is 3.25. The van der Waals surface area contributed by atoms with Crippen LogP contribution >= 0.6 is 12.2 Å². The second-order valence-electron chi connectivity index (χ2n) is 5.24. The van der Waals surface area contributed by atoms with E-state index < -0.39 is 0 Å². The molecule has 1 saturated heterocycles. The van der Waals surface area contributed by atoms with Gasteiger partial charge in [0, 0.05) is 25.6 Å². The van der Waals surface area contributed by atoms with E-state index in [-0.39, 0.29) is 17.6 Å². The maximum atomic E-state index is 12.3. The van der Waals surface area contributed by atoms with Crippen molar-refractivity contribution in [1.29, 1.82) is 0 Å². The summed E-state index contributed by atoms with van der Waals surface area (Å²) in [6, 6.07) is 6.75. The molecule has 118 valence electrons. The molecule has 0 bridgehead atoms. The van der Waals surface area contributed by atoms with Crippen molar-refractivity contribution in [3.8, 4) is 5.75 Å². The zero-order valence-corrected chi connectivity index (χ0v) is 13.2. The molecule has 1 amide bonds. The first-order valence-electron chi connectivity index (χ1n) is 7.34. The van der Waals surface area contributed by atoms with Gasteiger partial charge < -0.3 is 20.6 Å². The predicted molar refractivity (Wildman–Crippen MR) is 91.8 cm³/mol. The molecule has 1 aromatic carbocycles. The Labute approximate surface area is 136 Å². The molecule has 0 saturated carbocycles. The lowest BCUT2D eigenvalue weighted by Gasteiger charge is -2.33. The minimum absolute atomic E-state index is 0.0499. The summed E-state index contributed by atoms with van der Waals surface area (Å²) >= 11 is 5.30. The number of benzene rings is 1. The normalized spacial score (nSPS) is 15.2. The van der Waals surface area contributed by atoms with Gasteiger partial charge in [0.2, 0.25) is 5.91 Å². The topological polar surface area (TPSA) is 64.6 Å². The number of carbonyl (C=O) groups is 1. The van der Waals surface area contributed by atoms with Crippen molar-refractivity contribution < 1.29 is 9.90 Å². The number of amides is 1. The minimum atomic E-state index is -0.0574. The highest BCUT2D eigenvalue weighted by Gasteiger charge is 2.26. The van der Waals surface area contributed by atoms with Crippen molar-refractivity contribution in [3.05, 3.63) is 36.9 Å². The van der Waals surface area contributed by atoms with Gasteiger partial charge in [-0.1, -0.05) is 18.2 Å². The molecule has 1 fully saturated rings. The van der Waals surface area contributed by atoms with E-state index in [0.29, 0.717) is 17.3 Å². The van der Waals surface area contributed by atoms with Crippen molar-refractivity contribution >= 4 is 28.9 Å². The Kier molecular flexibility index (Phi) is 5.77. The molecule has 0 atom stereocenters. The largest absolute Gasteiger partial charge is 0.506 e. The Hall–Kier alpha value is -2.08. The number of aromatic hydroxyl groups is 1. The average Bonchev–Trinajstić information content (AvgIpc) is 2.55. The van der Waals surface area contributed by atoms with Crippen LogP contribution < -0.4 is 10.6 Å². The van der Waals surface area contributed by atoms with Crippen LogP contribution in [0, 0.1) is 5.92 Å². The number of piperidine rings is 1. The Morgan fingerprint density at radius 2 is 2.09 bits per heavy atom. The van der Waals surface area contributed by atoms with E-state index in [1.165, 1.54) is 0 Å². The maximum absolute atomic E-state index is 12.3. The average molecular weight is 319 g/mol. The van der Waals surface area contributed by atoms with Crippen LogP contribution in [0.15, 0.2) is 36.9 Å². The first-order valence-corrected chi connectivity index (χ1v) is 7.75. The van der Waals surface area contributed by atoms with Crippen LogP contribution in [0.5, 0.6) is 5.75 Å². The summed E-state index contributed by atoms with van der Waals surface area (Å²) in [5, 5.41) is 16.3. The number of anilines is 1. The number of phenolic OH excluding ortho intramolecular Hbond substituents is 1. The number of nitrogens with one attached hydrogen (secondary N) is 2. The summed E-state index contributed by atoms with van der Waals surface area (Å²) in [4.78, 5) is 14.3. The molecule has 0 aromatic heterocycles. The SMILES string of the molecule is C=CCNC(=S)N1CCC(C(=O)Nc2ccccc2O)CC1. The van der Waals surface area contributed by atoms with Gasteiger partial charge >= 0.3 is 0 Å². The lowest BCUT2D eigenvalue weighted by atomic mass is 9.96. The van der Waals surface area contributed by atoms with Crippen LogP contribution in [-0.2, 0) is 4.79 Å². The van der Waals surface area contributed by atoms with E-state index in [0.717, 1.165) is 25.9 Å². The molecule has 3 N–H and O–H groups in total. The molecular weight excluding hydrogens is 298 g/mol. The third kappa shape index (κ3) is 4.21. The van der Waals surface area contributed by atoms with Crippen LogP contribution in [0.4, 0.5) is 5.69 Å². The van der Waals surface area contributed by atoms with Crippen molar-refractivity contribution in [2.24, 2.45) is 5.92 Å². The Bertz CT molecular complexity index is 554. The molecule has 1 heterocycles. The molecule has 6 heteroatoms. The minimum Gasteiger partial charge on any atom is -0.506 e. The molecule has 0 radical (unpaired) electrons. The summed E-state index contributed by atoms with van der Waals surface area (Å²) in [7, 11) is 0. The second-order valence-corrected chi connectivity index (χ2v) is 5.63.